The smallest absolute Gasteiger partial charge is 0.251 e. The molecule has 0 saturated carbocycles. The largest absolute Gasteiger partial charge is 0.372 e. The zero-order valence-corrected chi connectivity index (χ0v) is 11.7. The average molecular weight is 248 g/mol. The fraction of sp³-hybridized carbons (Fsp3) is 0.533. The number of nitrogens with one attached hydrogen (secondary N) is 1. The number of amides is 1. The topological polar surface area (TPSA) is 32.3 Å². The zero-order valence-electron chi connectivity index (χ0n) is 11.7. The average Bonchev–Trinajstić information content (AvgIpc) is 2.39. The molecule has 0 saturated heterocycles. The van der Waals surface area contributed by atoms with Crippen molar-refractivity contribution in [2.24, 2.45) is 0 Å². The van der Waals surface area contributed by atoms with E-state index >= 15 is 0 Å². The van der Waals surface area contributed by atoms with Gasteiger partial charge in [0.1, 0.15) is 0 Å². The molecule has 1 aromatic carbocycles. The van der Waals surface area contributed by atoms with Gasteiger partial charge in [0.25, 0.3) is 5.91 Å². The van der Waals surface area contributed by atoms with Crippen LogP contribution >= 0.6 is 0 Å². The molecule has 0 aliphatic heterocycles. The van der Waals surface area contributed by atoms with Crippen molar-refractivity contribution in [3.63, 3.8) is 0 Å². The van der Waals surface area contributed by atoms with E-state index in [2.05, 4.69) is 24.1 Å². The van der Waals surface area contributed by atoms with Gasteiger partial charge >= 0.3 is 0 Å². The number of rotatable bonds is 7. The lowest BCUT2D eigenvalue weighted by Gasteiger charge is -2.23. The van der Waals surface area contributed by atoms with Crippen molar-refractivity contribution in [1.82, 2.24) is 5.32 Å². The van der Waals surface area contributed by atoms with Crippen LogP contribution in [-0.4, -0.2) is 25.5 Å². The molecule has 1 N–H and O–H groups in total. The summed E-state index contributed by atoms with van der Waals surface area (Å²) in [4.78, 5) is 14.0. The van der Waals surface area contributed by atoms with Crippen LogP contribution in [0, 0.1) is 0 Å². The Balaban J connectivity index is 2.76. The molecule has 0 spiro atoms. The van der Waals surface area contributed by atoms with Crippen molar-refractivity contribution >= 4 is 11.6 Å². The minimum absolute atomic E-state index is 0.00147. The predicted octanol–water partition coefficient (Wildman–Crippen LogP) is 3.06. The first-order valence-electron chi connectivity index (χ1n) is 6.86. The Kier molecular flexibility index (Phi) is 6.26. The van der Waals surface area contributed by atoms with Gasteiger partial charge in [-0.05, 0) is 44.0 Å². The van der Waals surface area contributed by atoms with Gasteiger partial charge < -0.3 is 10.2 Å². The highest BCUT2D eigenvalue weighted by atomic mass is 16.1. The van der Waals surface area contributed by atoms with Crippen molar-refractivity contribution in [1.29, 1.82) is 0 Å². The van der Waals surface area contributed by atoms with Crippen LogP contribution in [0.1, 0.15) is 44.0 Å². The van der Waals surface area contributed by atoms with Crippen LogP contribution in [0.2, 0.25) is 0 Å². The normalized spacial score (nSPS) is 10.2. The van der Waals surface area contributed by atoms with Crippen LogP contribution in [0.15, 0.2) is 24.3 Å². The number of hydrogen-bond donors (Lipinski definition) is 1. The molecule has 0 unspecified atom stereocenters. The predicted molar refractivity (Wildman–Crippen MR) is 77.2 cm³/mol. The Morgan fingerprint density at radius 1 is 1.06 bits per heavy atom. The number of anilines is 1. The van der Waals surface area contributed by atoms with Crippen molar-refractivity contribution in [3.8, 4) is 0 Å². The fourth-order valence-electron chi connectivity index (χ4n) is 2.00. The molecule has 100 valence electrons. The number of nitrogens with zero attached hydrogens (tertiary/aromatic N) is 1. The molecule has 0 atom stereocenters. The van der Waals surface area contributed by atoms with Gasteiger partial charge in [-0.2, -0.15) is 0 Å². The van der Waals surface area contributed by atoms with Gasteiger partial charge in [-0.25, -0.2) is 0 Å². The first-order valence-corrected chi connectivity index (χ1v) is 6.86. The lowest BCUT2D eigenvalue weighted by Crippen LogP contribution is -2.25. The molecular weight excluding hydrogens is 224 g/mol. The summed E-state index contributed by atoms with van der Waals surface area (Å²) in [7, 11) is 0. The van der Waals surface area contributed by atoms with Crippen LogP contribution in [0.4, 0.5) is 5.69 Å². The van der Waals surface area contributed by atoms with Crippen LogP contribution in [0.3, 0.4) is 0 Å². The Labute approximate surface area is 110 Å². The van der Waals surface area contributed by atoms with Crippen LogP contribution in [0.25, 0.3) is 0 Å². The van der Waals surface area contributed by atoms with Gasteiger partial charge in [0, 0.05) is 30.9 Å². The molecule has 1 amide bonds. The van der Waals surface area contributed by atoms with Crippen LogP contribution < -0.4 is 10.2 Å². The highest BCUT2D eigenvalue weighted by Gasteiger charge is 2.07. The number of carbonyl (C=O) groups is 1. The molecule has 0 heterocycles. The van der Waals surface area contributed by atoms with E-state index in [0.717, 1.165) is 31.5 Å². The van der Waals surface area contributed by atoms with Crippen molar-refractivity contribution in [2.75, 3.05) is 24.5 Å². The molecule has 0 aromatic heterocycles. The maximum Gasteiger partial charge on any atom is 0.251 e. The first-order chi connectivity index (χ1) is 8.72. The molecule has 0 bridgehead atoms. The van der Waals surface area contributed by atoms with Gasteiger partial charge in [-0.15, -0.1) is 0 Å². The van der Waals surface area contributed by atoms with E-state index in [9.17, 15) is 4.79 Å². The van der Waals surface area contributed by atoms with Crippen molar-refractivity contribution < 1.29 is 4.79 Å². The standard InChI is InChI=1S/C15H24N2O/c1-4-11-17(12-5-2)14-9-7-13(8-10-14)15(18)16-6-3/h7-10H,4-6,11-12H2,1-3H3,(H,16,18). The number of carbonyl (C=O) groups excluding carboxylic acids is 1. The van der Waals surface area contributed by atoms with Gasteiger partial charge in [-0.1, -0.05) is 13.8 Å². The second kappa shape index (κ2) is 7.75. The van der Waals surface area contributed by atoms with Gasteiger partial charge in [-0.3, -0.25) is 4.79 Å². The second-order valence-electron chi connectivity index (χ2n) is 4.39. The zero-order chi connectivity index (χ0) is 13.4. The van der Waals surface area contributed by atoms with Gasteiger partial charge in [0.05, 0.1) is 0 Å². The minimum Gasteiger partial charge on any atom is -0.372 e. The molecule has 0 aliphatic carbocycles. The summed E-state index contributed by atoms with van der Waals surface area (Å²) < 4.78 is 0. The van der Waals surface area contributed by atoms with E-state index in [1.165, 1.54) is 5.69 Å². The highest BCUT2D eigenvalue weighted by Crippen LogP contribution is 2.16. The molecular formula is C15H24N2O. The molecule has 0 aliphatic rings. The van der Waals surface area contributed by atoms with E-state index in [1.807, 2.05) is 31.2 Å². The summed E-state index contributed by atoms with van der Waals surface area (Å²) in [6.45, 7) is 9.09. The molecule has 3 heteroatoms. The maximum absolute atomic E-state index is 11.7. The van der Waals surface area contributed by atoms with Gasteiger partial charge in [0.15, 0.2) is 0 Å². The minimum atomic E-state index is 0.00147. The number of hydrogen-bond acceptors (Lipinski definition) is 2. The van der Waals surface area contributed by atoms with Crippen LogP contribution in [0.5, 0.6) is 0 Å². The molecule has 18 heavy (non-hydrogen) atoms. The summed E-state index contributed by atoms with van der Waals surface area (Å²) in [5, 5.41) is 2.81. The lowest BCUT2D eigenvalue weighted by molar-refractivity contribution is 0.0956. The Morgan fingerprint density at radius 2 is 1.61 bits per heavy atom. The molecule has 1 rings (SSSR count). The third-order valence-electron chi connectivity index (χ3n) is 2.82. The SMILES string of the molecule is CCCN(CCC)c1ccc(C(=O)NCC)cc1. The summed E-state index contributed by atoms with van der Waals surface area (Å²) in [5.74, 6) is 0.00147. The van der Waals surface area contributed by atoms with Crippen molar-refractivity contribution in [3.05, 3.63) is 29.8 Å². The third-order valence-corrected chi connectivity index (χ3v) is 2.82. The molecule has 3 nitrogen and oxygen atoms in total. The van der Waals surface area contributed by atoms with E-state index < -0.39 is 0 Å². The van der Waals surface area contributed by atoms with Crippen molar-refractivity contribution in [2.45, 2.75) is 33.6 Å². The van der Waals surface area contributed by atoms with E-state index in [-0.39, 0.29) is 5.91 Å². The highest BCUT2D eigenvalue weighted by molar-refractivity contribution is 5.94. The summed E-state index contributed by atoms with van der Waals surface area (Å²) in [6, 6.07) is 7.88. The second-order valence-corrected chi connectivity index (χ2v) is 4.39. The maximum atomic E-state index is 11.7. The molecule has 0 radical (unpaired) electrons. The fourth-order valence-corrected chi connectivity index (χ4v) is 2.00. The molecule has 1 aromatic rings. The van der Waals surface area contributed by atoms with Crippen LogP contribution in [-0.2, 0) is 0 Å². The summed E-state index contributed by atoms with van der Waals surface area (Å²) >= 11 is 0. The first kappa shape index (κ1) is 14.6. The Morgan fingerprint density at radius 3 is 2.06 bits per heavy atom. The monoisotopic (exact) mass is 248 g/mol. The quantitative estimate of drug-likeness (QED) is 0.804. The van der Waals surface area contributed by atoms with E-state index in [1.54, 1.807) is 0 Å². The third kappa shape index (κ3) is 4.06. The number of benzene rings is 1. The summed E-state index contributed by atoms with van der Waals surface area (Å²) in [5.41, 5.74) is 1.93. The molecule has 0 fully saturated rings. The van der Waals surface area contributed by atoms with E-state index in [4.69, 9.17) is 0 Å². The van der Waals surface area contributed by atoms with E-state index in [0.29, 0.717) is 6.54 Å². The Hall–Kier alpha value is -1.51. The lowest BCUT2D eigenvalue weighted by atomic mass is 10.1. The summed E-state index contributed by atoms with van der Waals surface area (Å²) in [6.07, 6.45) is 2.27. The van der Waals surface area contributed by atoms with Gasteiger partial charge in [0.2, 0.25) is 0 Å². The Bertz CT molecular complexity index is 353.